The number of nitrogens with zero attached hydrogens (tertiary/aromatic N) is 1. The first kappa shape index (κ1) is 22.2. The topological polar surface area (TPSA) is 82.7 Å². The Balaban J connectivity index is 0.00000280. The van der Waals surface area contributed by atoms with Crippen molar-refractivity contribution in [1.29, 1.82) is 0 Å². The van der Waals surface area contributed by atoms with E-state index in [0.29, 0.717) is 13.1 Å². The molecule has 9 heteroatoms. The van der Waals surface area contributed by atoms with E-state index >= 15 is 0 Å². The van der Waals surface area contributed by atoms with Crippen LogP contribution < -0.4 is 20.7 Å². The van der Waals surface area contributed by atoms with Crippen molar-refractivity contribution < 1.29 is 14.3 Å². The van der Waals surface area contributed by atoms with Crippen LogP contribution in [0.4, 0.5) is 4.79 Å². The lowest BCUT2D eigenvalue weighted by atomic mass is 10.0. The van der Waals surface area contributed by atoms with Crippen LogP contribution in [-0.4, -0.2) is 50.1 Å². The van der Waals surface area contributed by atoms with Gasteiger partial charge in [-0.2, -0.15) is 0 Å². The number of hydrogen-bond donors (Lipinski definition) is 3. The van der Waals surface area contributed by atoms with Crippen molar-refractivity contribution in [3.63, 3.8) is 0 Å². The molecule has 1 aromatic carbocycles. The van der Waals surface area contributed by atoms with Gasteiger partial charge in [0.1, 0.15) is 5.75 Å². The van der Waals surface area contributed by atoms with Crippen molar-refractivity contribution in [3.05, 3.63) is 52.2 Å². The van der Waals surface area contributed by atoms with E-state index in [1.54, 1.807) is 18.4 Å². The number of benzene rings is 1. The van der Waals surface area contributed by atoms with Crippen molar-refractivity contribution in [1.82, 2.24) is 20.9 Å². The van der Waals surface area contributed by atoms with Crippen LogP contribution in [0.5, 0.6) is 5.75 Å². The number of hydrogen-bond acceptors (Lipinski definition) is 6. The minimum absolute atomic E-state index is 0. The molecule has 3 rings (SSSR count). The van der Waals surface area contributed by atoms with Crippen LogP contribution in [0, 0.1) is 0 Å². The first-order chi connectivity index (χ1) is 13.2. The Bertz CT molecular complexity index is 772. The van der Waals surface area contributed by atoms with Gasteiger partial charge in [-0.25, -0.2) is 4.79 Å². The van der Waals surface area contributed by atoms with Gasteiger partial charge >= 0.3 is 6.03 Å². The molecule has 3 amide bonds. The number of piperazine rings is 1. The summed E-state index contributed by atoms with van der Waals surface area (Å²) in [5, 5.41) is 10.4. The lowest BCUT2D eigenvalue weighted by Gasteiger charge is -2.36. The van der Waals surface area contributed by atoms with Gasteiger partial charge in [0.05, 0.1) is 26.2 Å². The second kappa shape index (κ2) is 11.0. The zero-order valence-corrected chi connectivity index (χ0v) is 17.3. The second-order valence-corrected chi connectivity index (χ2v) is 7.27. The molecule has 0 bridgehead atoms. The molecule has 1 fully saturated rings. The monoisotopic (exact) mass is 424 g/mol. The van der Waals surface area contributed by atoms with Crippen LogP contribution in [0.25, 0.3) is 0 Å². The van der Waals surface area contributed by atoms with Crippen molar-refractivity contribution in [2.24, 2.45) is 0 Å². The minimum atomic E-state index is -0.475. The predicted octanol–water partition coefficient (Wildman–Crippen LogP) is 2.15. The highest BCUT2D eigenvalue weighted by molar-refractivity contribution is 7.09. The third kappa shape index (κ3) is 5.93. The minimum Gasteiger partial charge on any atom is -0.496 e. The molecule has 28 heavy (non-hydrogen) atoms. The van der Waals surface area contributed by atoms with Crippen LogP contribution in [0.3, 0.4) is 0 Å². The molecule has 2 aromatic rings. The summed E-state index contributed by atoms with van der Waals surface area (Å²) in [7, 11) is 1.64. The molecule has 0 radical (unpaired) electrons. The first-order valence-corrected chi connectivity index (χ1v) is 9.73. The summed E-state index contributed by atoms with van der Waals surface area (Å²) in [6.45, 7) is 2.79. The van der Waals surface area contributed by atoms with Crippen LogP contribution in [-0.2, 0) is 11.3 Å². The lowest BCUT2D eigenvalue weighted by Crippen LogP contribution is -2.51. The van der Waals surface area contributed by atoms with Crippen molar-refractivity contribution in [2.45, 2.75) is 12.6 Å². The third-order valence-corrected chi connectivity index (χ3v) is 5.33. The number of halogens is 1. The number of urea groups is 1. The molecule has 3 N–H and O–H groups in total. The Kier molecular flexibility index (Phi) is 8.72. The molecule has 7 nitrogen and oxygen atoms in total. The SMILES string of the molecule is COc1ccccc1C1CNCCN1CC(=O)NC(=O)NCc1cccs1.Cl. The Morgan fingerprint density at radius 3 is 2.86 bits per heavy atom. The van der Waals surface area contributed by atoms with Gasteiger partial charge in [0, 0.05) is 30.1 Å². The molecule has 1 saturated heterocycles. The number of amides is 3. The lowest BCUT2D eigenvalue weighted by molar-refractivity contribution is -0.122. The molecule has 2 heterocycles. The highest BCUT2D eigenvalue weighted by atomic mass is 35.5. The van der Waals surface area contributed by atoms with E-state index < -0.39 is 6.03 Å². The molecule has 0 saturated carbocycles. The van der Waals surface area contributed by atoms with Crippen molar-refractivity contribution in [2.75, 3.05) is 33.3 Å². The molecular formula is C19H25ClN4O3S. The van der Waals surface area contributed by atoms with E-state index in [0.717, 1.165) is 29.3 Å². The summed E-state index contributed by atoms with van der Waals surface area (Å²) in [5.74, 6) is 0.478. The maximum absolute atomic E-state index is 12.4. The number of para-hydroxylation sites is 1. The van der Waals surface area contributed by atoms with E-state index in [1.165, 1.54) is 0 Å². The standard InChI is InChI=1S/C19H24N4O3S.ClH/c1-26-17-7-3-2-6-15(17)16-12-20-8-9-23(16)13-18(24)22-19(25)21-11-14-5-4-10-27-14;/h2-7,10,16,20H,8-9,11-13H2,1H3,(H2,21,22,24,25);1H. The fourth-order valence-corrected chi connectivity index (χ4v) is 3.80. The number of carbonyl (C=O) groups excluding carboxylic acids is 2. The number of rotatable bonds is 6. The van der Waals surface area contributed by atoms with Gasteiger partial charge in [0.25, 0.3) is 0 Å². The van der Waals surface area contributed by atoms with Crippen LogP contribution >= 0.6 is 23.7 Å². The Morgan fingerprint density at radius 1 is 1.29 bits per heavy atom. The second-order valence-electron chi connectivity index (χ2n) is 6.24. The van der Waals surface area contributed by atoms with E-state index in [9.17, 15) is 9.59 Å². The Hall–Kier alpha value is -2.13. The van der Waals surface area contributed by atoms with Crippen LogP contribution in [0.1, 0.15) is 16.5 Å². The van der Waals surface area contributed by atoms with Crippen molar-refractivity contribution >= 4 is 35.7 Å². The quantitative estimate of drug-likeness (QED) is 0.661. The summed E-state index contributed by atoms with van der Waals surface area (Å²) >= 11 is 1.56. The molecule has 152 valence electrons. The zero-order valence-electron chi connectivity index (χ0n) is 15.6. The summed E-state index contributed by atoms with van der Waals surface area (Å²) < 4.78 is 5.47. The number of thiophene rings is 1. The number of methoxy groups -OCH3 is 1. The molecule has 1 aliphatic rings. The highest BCUT2D eigenvalue weighted by Gasteiger charge is 2.28. The number of nitrogens with one attached hydrogen (secondary N) is 3. The molecule has 1 aromatic heterocycles. The number of imide groups is 1. The van der Waals surface area contributed by atoms with Crippen LogP contribution in [0.15, 0.2) is 41.8 Å². The van der Waals surface area contributed by atoms with Gasteiger partial charge in [-0.15, -0.1) is 23.7 Å². The number of ether oxygens (including phenoxy) is 1. The molecule has 0 aliphatic carbocycles. The Labute approximate surface area is 174 Å². The van der Waals surface area contributed by atoms with E-state index in [1.807, 2.05) is 41.8 Å². The summed E-state index contributed by atoms with van der Waals surface area (Å²) in [5.41, 5.74) is 1.03. The van der Waals surface area contributed by atoms with Crippen molar-refractivity contribution in [3.8, 4) is 5.75 Å². The molecule has 0 spiro atoms. The zero-order chi connectivity index (χ0) is 19.1. The maximum atomic E-state index is 12.4. The average Bonchev–Trinajstić information content (AvgIpc) is 3.20. The smallest absolute Gasteiger partial charge is 0.321 e. The van der Waals surface area contributed by atoms with Gasteiger partial charge in [-0.1, -0.05) is 24.3 Å². The van der Waals surface area contributed by atoms with Gasteiger partial charge < -0.3 is 15.4 Å². The molecular weight excluding hydrogens is 400 g/mol. The number of carbonyl (C=O) groups is 2. The largest absolute Gasteiger partial charge is 0.496 e. The van der Waals surface area contributed by atoms with Gasteiger partial charge in [-0.3, -0.25) is 15.0 Å². The first-order valence-electron chi connectivity index (χ1n) is 8.85. The average molecular weight is 425 g/mol. The molecule has 1 atom stereocenters. The molecule has 1 unspecified atom stereocenters. The van der Waals surface area contributed by atoms with Gasteiger partial charge in [0.15, 0.2) is 0 Å². The fraction of sp³-hybridized carbons (Fsp3) is 0.368. The highest BCUT2D eigenvalue weighted by Crippen LogP contribution is 2.29. The normalized spacial score (nSPS) is 16.7. The van der Waals surface area contributed by atoms with Crippen LogP contribution in [0.2, 0.25) is 0 Å². The summed E-state index contributed by atoms with van der Waals surface area (Å²) in [4.78, 5) is 27.4. The fourth-order valence-electron chi connectivity index (χ4n) is 3.16. The predicted molar refractivity (Wildman–Crippen MR) is 112 cm³/mol. The maximum Gasteiger partial charge on any atom is 0.321 e. The summed E-state index contributed by atoms with van der Waals surface area (Å²) in [6.07, 6.45) is 0. The van der Waals surface area contributed by atoms with Gasteiger partial charge in [-0.05, 0) is 17.5 Å². The van der Waals surface area contributed by atoms with E-state index in [2.05, 4.69) is 20.9 Å². The summed E-state index contributed by atoms with van der Waals surface area (Å²) in [6, 6.07) is 11.2. The van der Waals surface area contributed by atoms with E-state index in [4.69, 9.17) is 4.74 Å². The third-order valence-electron chi connectivity index (χ3n) is 4.46. The van der Waals surface area contributed by atoms with E-state index in [-0.39, 0.29) is 30.9 Å². The molecule has 1 aliphatic heterocycles. The Morgan fingerprint density at radius 2 is 2.11 bits per heavy atom. The van der Waals surface area contributed by atoms with Gasteiger partial charge in [0.2, 0.25) is 5.91 Å².